The van der Waals surface area contributed by atoms with E-state index < -0.39 is 22.5 Å². The molecule has 0 bridgehead atoms. The summed E-state index contributed by atoms with van der Waals surface area (Å²) >= 11 is 15.7. The molecule has 0 spiro atoms. The fourth-order valence-electron chi connectivity index (χ4n) is 3.01. The average Bonchev–Trinajstić information content (AvgIpc) is 2.78. The van der Waals surface area contributed by atoms with E-state index in [0.717, 1.165) is 20.0 Å². The minimum atomic E-state index is -4.10. The first-order chi connectivity index (χ1) is 16.1. The highest BCUT2D eigenvalue weighted by molar-refractivity contribution is 9.10. The smallest absolute Gasteiger partial charge is 0.264 e. The molecule has 3 aromatic rings. The van der Waals surface area contributed by atoms with Gasteiger partial charge < -0.3 is 4.90 Å². The summed E-state index contributed by atoms with van der Waals surface area (Å²) in [5, 5.41) is 4.39. The molecule has 0 radical (unpaired) electrons. The lowest BCUT2D eigenvalue weighted by Gasteiger charge is -2.24. The van der Waals surface area contributed by atoms with Crippen LogP contribution < -0.4 is 14.6 Å². The number of sulfonamides is 1. The maximum Gasteiger partial charge on any atom is 0.264 e. The van der Waals surface area contributed by atoms with E-state index in [1.165, 1.54) is 36.5 Å². The minimum absolute atomic E-state index is 0.0168. The number of nitrogens with zero attached hydrogens (tertiary/aromatic N) is 3. The molecule has 0 saturated heterocycles. The van der Waals surface area contributed by atoms with Crippen molar-refractivity contribution in [3.05, 3.63) is 86.8 Å². The second-order valence-electron chi connectivity index (χ2n) is 7.32. The third-order valence-corrected chi connectivity index (χ3v) is 7.60. The maximum absolute atomic E-state index is 13.3. The molecule has 0 saturated carbocycles. The van der Waals surface area contributed by atoms with Crippen LogP contribution in [0.25, 0.3) is 0 Å². The van der Waals surface area contributed by atoms with Crippen molar-refractivity contribution >= 4 is 72.7 Å². The van der Waals surface area contributed by atoms with Gasteiger partial charge in [0.25, 0.3) is 15.9 Å². The summed E-state index contributed by atoms with van der Waals surface area (Å²) in [7, 11) is -0.244. The molecule has 0 aliphatic carbocycles. The third kappa shape index (κ3) is 6.29. The zero-order valence-corrected chi connectivity index (χ0v) is 22.2. The van der Waals surface area contributed by atoms with Crippen molar-refractivity contribution in [2.45, 2.75) is 4.90 Å². The van der Waals surface area contributed by atoms with E-state index in [-0.39, 0.29) is 15.6 Å². The van der Waals surface area contributed by atoms with Crippen molar-refractivity contribution in [1.82, 2.24) is 5.43 Å². The Kier molecular flexibility index (Phi) is 8.59. The van der Waals surface area contributed by atoms with Crippen LogP contribution in [0.2, 0.25) is 10.0 Å². The average molecular weight is 584 g/mol. The van der Waals surface area contributed by atoms with Crippen LogP contribution in [0.4, 0.5) is 11.4 Å². The van der Waals surface area contributed by atoms with E-state index in [9.17, 15) is 13.2 Å². The van der Waals surface area contributed by atoms with Crippen LogP contribution in [-0.2, 0) is 14.8 Å². The largest absolute Gasteiger partial charge is 0.377 e. The second kappa shape index (κ2) is 11.2. The van der Waals surface area contributed by atoms with Crippen molar-refractivity contribution in [1.29, 1.82) is 0 Å². The van der Waals surface area contributed by atoms with Crippen molar-refractivity contribution in [2.75, 3.05) is 29.8 Å². The van der Waals surface area contributed by atoms with Crippen LogP contribution in [-0.4, -0.2) is 41.2 Å². The SMILES string of the molecule is CN(C)c1ccc(/C=N\NC(=O)CN(c2ccc(Cl)cc2Cl)S(=O)(=O)c2ccccc2)cc1Br. The van der Waals surface area contributed by atoms with E-state index in [4.69, 9.17) is 23.2 Å². The number of nitrogens with one attached hydrogen (secondary N) is 1. The quantitative estimate of drug-likeness (QED) is 0.293. The summed E-state index contributed by atoms with van der Waals surface area (Å²) in [6.45, 7) is -0.542. The number of rotatable bonds is 8. The molecule has 1 N–H and O–H groups in total. The number of hydrogen-bond acceptors (Lipinski definition) is 5. The monoisotopic (exact) mass is 582 g/mol. The number of amides is 1. The first-order valence-corrected chi connectivity index (χ1v) is 12.9. The number of benzene rings is 3. The Morgan fingerprint density at radius 2 is 1.71 bits per heavy atom. The highest BCUT2D eigenvalue weighted by Crippen LogP contribution is 2.32. The van der Waals surface area contributed by atoms with Gasteiger partial charge in [0.05, 0.1) is 27.5 Å². The van der Waals surface area contributed by atoms with Gasteiger partial charge in [-0.05, 0) is 64.0 Å². The lowest BCUT2D eigenvalue weighted by Crippen LogP contribution is -2.39. The summed E-state index contributed by atoms with van der Waals surface area (Å²) in [4.78, 5) is 14.6. The van der Waals surface area contributed by atoms with E-state index in [1.807, 2.05) is 37.2 Å². The Balaban J connectivity index is 1.83. The predicted octanol–water partition coefficient (Wildman–Crippen LogP) is 5.17. The zero-order valence-electron chi connectivity index (χ0n) is 18.2. The molecule has 0 atom stereocenters. The lowest BCUT2D eigenvalue weighted by molar-refractivity contribution is -0.119. The van der Waals surface area contributed by atoms with E-state index in [1.54, 1.807) is 18.2 Å². The van der Waals surface area contributed by atoms with E-state index in [2.05, 4.69) is 26.5 Å². The molecule has 7 nitrogen and oxygen atoms in total. The second-order valence-corrected chi connectivity index (χ2v) is 10.9. The highest BCUT2D eigenvalue weighted by Gasteiger charge is 2.28. The number of carbonyl (C=O) groups is 1. The molecule has 34 heavy (non-hydrogen) atoms. The molecule has 178 valence electrons. The first-order valence-electron chi connectivity index (χ1n) is 9.91. The molecular formula is C23H21BrCl2N4O3S. The molecule has 0 aliphatic rings. The Bertz CT molecular complexity index is 1320. The number of anilines is 2. The standard InChI is InChI=1S/C23H21BrCl2N4O3S/c1-29(2)21-10-8-16(12-19(21)24)14-27-28-23(31)15-30(22-11-9-17(25)13-20(22)26)34(32,33)18-6-4-3-5-7-18/h3-14H,15H2,1-2H3,(H,28,31)/b27-14-. The van der Waals surface area contributed by atoms with Crippen LogP contribution in [0.5, 0.6) is 0 Å². The van der Waals surface area contributed by atoms with Gasteiger partial charge in [0.2, 0.25) is 0 Å². The summed E-state index contributed by atoms with van der Waals surface area (Å²) in [6.07, 6.45) is 1.47. The molecule has 3 rings (SSSR count). The van der Waals surface area contributed by atoms with Crippen molar-refractivity contribution in [3.63, 3.8) is 0 Å². The summed E-state index contributed by atoms with van der Waals surface area (Å²) < 4.78 is 28.5. The lowest BCUT2D eigenvalue weighted by atomic mass is 10.2. The molecule has 11 heteroatoms. The Hall–Kier alpha value is -2.59. The van der Waals surface area contributed by atoms with E-state index >= 15 is 0 Å². The van der Waals surface area contributed by atoms with Crippen LogP contribution in [0.1, 0.15) is 5.56 Å². The van der Waals surface area contributed by atoms with Gasteiger partial charge in [-0.1, -0.05) is 47.5 Å². The number of halogens is 3. The van der Waals surface area contributed by atoms with Crippen LogP contribution in [0.15, 0.2) is 81.2 Å². The molecule has 0 heterocycles. The molecular weight excluding hydrogens is 563 g/mol. The minimum Gasteiger partial charge on any atom is -0.377 e. The molecule has 0 aromatic heterocycles. The third-order valence-electron chi connectivity index (χ3n) is 4.65. The van der Waals surface area contributed by atoms with Gasteiger partial charge in [0.1, 0.15) is 6.54 Å². The molecule has 0 aliphatic heterocycles. The summed E-state index contributed by atoms with van der Waals surface area (Å²) in [5.41, 5.74) is 4.23. The molecule has 0 fully saturated rings. The van der Waals surface area contributed by atoms with Gasteiger partial charge >= 0.3 is 0 Å². The summed E-state index contributed by atoms with van der Waals surface area (Å²) in [5.74, 6) is -0.647. The maximum atomic E-state index is 13.3. The Morgan fingerprint density at radius 3 is 2.32 bits per heavy atom. The van der Waals surface area contributed by atoms with Gasteiger partial charge in [-0.2, -0.15) is 5.10 Å². The number of hydrazone groups is 1. The van der Waals surface area contributed by atoms with Crippen molar-refractivity contribution in [3.8, 4) is 0 Å². The van der Waals surface area contributed by atoms with Gasteiger partial charge in [-0.25, -0.2) is 13.8 Å². The van der Waals surface area contributed by atoms with Gasteiger partial charge in [0.15, 0.2) is 0 Å². The molecule has 3 aromatic carbocycles. The Morgan fingerprint density at radius 1 is 1.03 bits per heavy atom. The van der Waals surface area contributed by atoms with Crippen LogP contribution in [0, 0.1) is 0 Å². The number of hydrogen-bond donors (Lipinski definition) is 1. The van der Waals surface area contributed by atoms with Crippen molar-refractivity contribution < 1.29 is 13.2 Å². The fraction of sp³-hybridized carbons (Fsp3) is 0.130. The van der Waals surface area contributed by atoms with Gasteiger partial charge in [0, 0.05) is 23.6 Å². The topological polar surface area (TPSA) is 82.1 Å². The predicted molar refractivity (Wildman–Crippen MR) is 142 cm³/mol. The van der Waals surface area contributed by atoms with Gasteiger partial charge in [-0.3, -0.25) is 9.10 Å². The summed E-state index contributed by atoms with van der Waals surface area (Å²) in [6, 6.07) is 17.7. The molecule has 1 amide bonds. The normalized spacial score (nSPS) is 11.4. The van der Waals surface area contributed by atoms with Crippen LogP contribution >= 0.6 is 39.1 Å². The fourth-order valence-corrected chi connectivity index (χ4v) is 5.79. The number of carbonyl (C=O) groups excluding carboxylic acids is 1. The van der Waals surface area contributed by atoms with Gasteiger partial charge in [-0.15, -0.1) is 0 Å². The van der Waals surface area contributed by atoms with Crippen LogP contribution in [0.3, 0.4) is 0 Å². The first kappa shape index (κ1) is 26.0. The highest BCUT2D eigenvalue weighted by atomic mass is 79.9. The zero-order chi connectivity index (χ0) is 24.9. The molecule has 0 unspecified atom stereocenters. The van der Waals surface area contributed by atoms with E-state index in [0.29, 0.717) is 5.02 Å². The Labute approximate surface area is 217 Å². The van der Waals surface area contributed by atoms with Crippen molar-refractivity contribution in [2.24, 2.45) is 5.10 Å².